The summed E-state index contributed by atoms with van der Waals surface area (Å²) in [4.78, 5) is 9.90. The Morgan fingerprint density at radius 2 is 1.76 bits per heavy atom. The van der Waals surface area contributed by atoms with Crippen LogP contribution < -0.4 is 4.90 Å². The van der Waals surface area contributed by atoms with Gasteiger partial charge in [0, 0.05) is 32.7 Å². The first-order valence-electron chi connectivity index (χ1n) is 12.0. The lowest BCUT2D eigenvalue weighted by atomic mass is 10.0. The molecule has 0 spiro atoms. The second-order valence-corrected chi connectivity index (χ2v) is 9.22. The van der Waals surface area contributed by atoms with Crippen LogP contribution in [-0.2, 0) is 13.0 Å². The van der Waals surface area contributed by atoms with E-state index in [1.807, 2.05) is 18.2 Å². The first kappa shape index (κ1) is 21.5. The van der Waals surface area contributed by atoms with E-state index in [-0.39, 0.29) is 0 Å². The Labute approximate surface area is 195 Å². The Morgan fingerprint density at radius 3 is 2.48 bits per heavy atom. The molecule has 5 nitrogen and oxygen atoms in total. The van der Waals surface area contributed by atoms with Crippen LogP contribution in [-0.4, -0.2) is 40.5 Å². The summed E-state index contributed by atoms with van der Waals surface area (Å²) in [7, 11) is 0. The number of piperazine rings is 1. The number of benzene rings is 2. The van der Waals surface area contributed by atoms with Crippen molar-refractivity contribution in [3.63, 3.8) is 0 Å². The van der Waals surface area contributed by atoms with Crippen molar-refractivity contribution < 1.29 is 0 Å². The Balaban J connectivity index is 1.48. The molecule has 1 aliphatic heterocycles. The molecule has 0 unspecified atom stereocenters. The molecule has 5 rings (SSSR count). The van der Waals surface area contributed by atoms with Crippen LogP contribution in [0, 0.1) is 25.2 Å². The van der Waals surface area contributed by atoms with E-state index in [0.717, 1.165) is 73.6 Å². The van der Waals surface area contributed by atoms with Crippen molar-refractivity contribution in [2.45, 2.75) is 40.2 Å². The highest BCUT2D eigenvalue weighted by Gasteiger charge is 2.23. The molecule has 168 valence electrons. The molecule has 0 atom stereocenters. The fraction of sp³-hybridized carbons (Fsp3) is 0.357. The third-order valence-corrected chi connectivity index (χ3v) is 6.86. The van der Waals surface area contributed by atoms with Crippen molar-refractivity contribution in [1.82, 2.24) is 14.3 Å². The molecular formula is C28H31N5. The van der Waals surface area contributed by atoms with Crippen molar-refractivity contribution in [3.05, 3.63) is 76.3 Å². The maximum absolute atomic E-state index is 9.96. The van der Waals surface area contributed by atoms with Crippen molar-refractivity contribution in [3.8, 4) is 6.07 Å². The second kappa shape index (κ2) is 8.88. The zero-order valence-electron chi connectivity index (χ0n) is 19.8. The summed E-state index contributed by atoms with van der Waals surface area (Å²) in [6.45, 7) is 11.5. The van der Waals surface area contributed by atoms with Crippen molar-refractivity contribution in [1.29, 1.82) is 5.26 Å². The summed E-state index contributed by atoms with van der Waals surface area (Å²) < 4.78 is 2.20. The fourth-order valence-corrected chi connectivity index (χ4v) is 5.08. The van der Waals surface area contributed by atoms with Crippen LogP contribution >= 0.6 is 0 Å². The van der Waals surface area contributed by atoms with Gasteiger partial charge in [0.05, 0.1) is 16.6 Å². The number of aromatic nitrogens is 2. The van der Waals surface area contributed by atoms with Crippen LogP contribution in [0.15, 0.2) is 48.5 Å². The summed E-state index contributed by atoms with van der Waals surface area (Å²) in [6, 6.07) is 19.7. The maximum Gasteiger partial charge on any atom is 0.157 e. The minimum Gasteiger partial charge on any atom is -0.355 e. The molecule has 0 saturated carbocycles. The maximum atomic E-state index is 9.96. The first-order chi connectivity index (χ1) is 16.1. The number of imidazole rings is 1. The van der Waals surface area contributed by atoms with Gasteiger partial charge in [0.25, 0.3) is 0 Å². The van der Waals surface area contributed by atoms with E-state index in [0.29, 0.717) is 5.56 Å². The molecule has 2 aromatic carbocycles. The van der Waals surface area contributed by atoms with Gasteiger partial charge >= 0.3 is 0 Å². The van der Waals surface area contributed by atoms with Gasteiger partial charge in [-0.1, -0.05) is 49.2 Å². The molecule has 1 aliphatic rings. The highest BCUT2D eigenvalue weighted by molar-refractivity contribution is 5.85. The molecule has 1 fully saturated rings. The smallest absolute Gasteiger partial charge is 0.157 e. The molecule has 0 amide bonds. The number of rotatable bonds is 5. The number of fused-ring (bicyclic) bond motifs is 3. The van der Waals surface area contributed by atoms with Crippen LogP contribution in [0.3, 0.4) is 0 Å². The van der Waals surface area contributed by atoms with Crippen LogP contribution in [0.2, 0.25) is 0 Å². The van der Waals surface area contributed by atoms with Crippen LogP contribution in [0.5, 0.6) is 0 Å². The lowest BCUT2D eigenvalue weighted by molar-refractivity contribution is 0.249. The minimum atomic E-state index is 0.713. The molecule has 33 heavy (non-hydrogen) atoms. The monoisotopic (exact) mass is 437 g/mol. The third kappa shape index (κ3) is 3.96. The van der Waals surface area contributed by atoms with Gasteiger partial charge in [-0.15, -0.1) is 0 Å². The standard InChI is InChI=1S/C28H31N5/c1-4-7-22-17-27(33-26-9-6-5-8-25(26)30-28(33)24(22)18-29)32-14-12-31(13-15-32)19-23-11-10-20(2)16-21(23)3/h5-6,8-11,16-17H,4,7,12-15,19H2,1-3H3. The summed E-state index contributed by atoms with van der Waals surface area (Å²) >= 11 is 0. The third-order valence-electron chi connectivity index (χ3n) is 6.86. The second-order valence-electron chi connectivity index (χ2n) is 9.22. The van der Waals surface area contributed by atoms with Gasteiger partial charge in [-0.2, -0.15) is 5.26 Å². The van der Waals surface area contributed by atoms with Crippen molar-refractivity contribution in [2.24, 2.45) is 0 Å². The SMILES string of the molecule is CCCc1cc(N2CCN(Cc3ccc(C)cc3C)CC2)n2c(nc3ccccc32)c1C#N. The predicted octanol–water partition coefficient (Wildman–Crippen LogP) is 5.25. The number of anilines is 1. The van der Waals surface area contributed by atoms with Crippen LogP contribution in [0.25, 0.3) is 16.7 Å². The van der Waals surface area contributed by atoms with Crippen LogP contribution in [0.1, 0.15) is 41.2 Å². The van der Waals surface area contributed by atoms with Gasteiger partial charge in [0.15, 0.2) is 5.65 Å². The lowest BCUT2D eigenvalue weighted by Crippen LogP contribution is -2.46. The number of para-hydroxylation sites is 2. The average Bonchev–Trinajstić information content (AvgIpc) is 3.20. The Kier molecular flexibility index (Phi) is 5.78. The molecule has 1 saturated heterocycles. The molecule has 0 N–H and O–H groups in total. The predicted molar refractivity (Wildman–Crippen MR) is 135 cm³/mol. The van der Waals surface area contributed by atoms with Gasteiger partial charge in [0.1, 0.15) is 11.9 Å². The summed E-state index contributed by atoms with van der Waals surface area (Å²) in [5.74, 6) is 1.16. The lowest BCUT2D eigenvalue weighted by Gasteiger charge is -2.37. The minimum absolute atomic E-state index is 0.713. The molecule has 4 aromatic rings. The van der Waals surface area contributed by atoms with Gasteiger partial charge < -0.3 is 4.90 Å². The summed E-state index contributed by atoms with van der Waals surface area (Å²) in [5.41, 5.74) is 8.73. The average molecular weight is 438 g/mol. The number of nitriles is 1. The highest BCUT2D eigenvalue weighted by atomic mass is 15.3. The zero-order chi connectivity index (χ0) is 22.9. The van der Waals surface area contributed by atoms with Crippen molar-refractivity contribution >= 4 is 22.5 Å². The highest BCUT2D eigenvalue weighted by Crippen LogP contribution is 2.30. The molecule has 0 bridgehead atoms. The Bertz CT molecular complexity index is 1350. The topological polar surface area (TPSA) is 47.6 Å². The van der Waals surface area contributed by atoms with E-state index >= 15 is 0 Å². The first-order valence-corrected chi connectivity index (χ1v) is 12.0. The number of hydrogen-bond donors (Lipinski definition) is 0. The van der Waals surface area contributed by atoms with E-state index in [4.69, 9.17) is 4.98 Å². The normalized spacial score (nSPS) is 14.8. The van der Waals surface area contributed by atoms with Gasteiger partial charge in [-0.3, -0.25) is 9.30 Å². The summed E-state index contributed by atoms with van der Waals surface area (Å²) in [6.07, 6.45) is 1.90. The number of aryl methyl sites for hydroxylation is 3. The van der Waals surface area contributed by atoms with E-state index < -0.39 is 0 Å². The molecule has 0 aliphatic carbocycles. The van der Waals surface area contributed by atoms with E-state index in [9.17, 15) is 5.26 Å². The molecule has 2 aromatic heterocycles. The number of nitrogens with zero attached hydrogens (tertiary/aromatic N) is 5. The van der Waals surface area contributed by atoms with Gasteiger partial charge in [-0.25, -0.2) is 4.98 Å². The zero-order valence-corrected chi connectivity index (χ0v) is 19.8. The molecule has 5 heteroatoms. The number of hydrogen-bond acceptors (Lipinski definition) is 4. The van der Waals surface area contributed by atoms with Crippen LogP contribution in [0.4, 0.5) is 5.82 Å². The van der Waals surface area contributed by atoms with Gasteiger partial charge in [0.2, 0.25) is 0 Å². The van der Waals surface area contributed by atoms with E-state index in [1.54, 1.807) is 0 Å². The Morgan fingerprint density at radius 1 is 0.970 bits per heavy atom. The van der Waals surface area contributed by atoms with E-state index in [2.05, 4.69) is 71.4 Å². The van der Waals surface area contributed by atoms with E-state index in [1.165, 1.54) is 16.7 Å². The molecule has 3 heterocycles. The molecular weight excluding hydrogens is 406 g/mol. The quantitative estimate of drug-likeness (QED) is 0.428. The van der Waals surface area contributed by atoms with Crippen molar-refractivity contribution in [2.75, 3.05) is 31.1 Å². The molecule has 0 radical (unpaired) electrons. The van der Waals surface area contributed by atoms with Gasteiger partial charge in [-0.05, 0) is 55.2 Å². The fourth-order valence-electron chi connectivity index (χ4n) is 5.08. The number of pyridine rings is 1. The largest absolute Gasteiger partial charge is 0.355 e. The Hall–Kier alpha value is -3.36. The summed E-state index contributed by atoms with van der Waals surface area (Å²) in [5, 5.41) is 9.96.